The van der Waals surface area contributed by atoms with Gasteiger partial charge in [-0.15, -0.1) is 0 Å². The molecule has 1 aliphatic rings. The second-order valence-electron chi connectivity index (χ2n) is 7.12. The molecule has 0 saturated carbocycles. The number of halogens is 2. The van der Waals surface area contributed by atoms with E-state index in [1.807, 2.05) is 0 Å². The average molecular weight is 469 g/mol. The molecule has 0 spiro atoms. The van der Waals surface area contributed by atoms with Crippen LogP contribution in [0.5, 0.6) is 11.5 Å². The number of aromatic nitrogens is 1. The van der Waals surface area contributed by atoms with Crippen LogP contribution >= 0.6 is 11.6 Å². The standard InChI is InChI=1S/C24H18ClFN2O5/c1-32-18-8-5-13(10-19(18)33-2)22(29)20-21(14-4-3-9-27-12-14)28(24(31)23(20)30)15-6-7-17(26)16(25)11-15/h3-12,21,29H,1-2H3/b22-20+. The van der Waals surface area contributed by atoms with E-state index in [1.54, 1.807) is 30.5 Å². The van der Waals surface area contributed by atoms with E-state index >= 15 is 0 Å². The summed E-state index contributed by atoms with van der Waals surface area (Å²) in [5.41, 5.74) is 0.764. The van der Waals surface area contributed by atoms with Crippen molar-refractivity contribution in [3.8, 4) is 11.5 Å². The Morgan fingerprint density at radius 3 is 2.48 bits per heavy atom. The number of aliphatic hydroxyl groups is 1. The van der Waals surface area contributed by atoms with E-state index in [-0.39, 0.29) is 21.8 Å². The number of pyridine rings is 1. The lowest BCUT2D eigenvalue weighted by Crippen LogP contribution is -2.29. The van der Waals surface area contributed by atoms with Crippen molar-refractivity contribution in [1.29, 1.82) is 0 Å². The molecule has 3 aromatic rings. The highest BCUT2D eigenvalue weighted by Crippen LogP contribution is 2.43. The number of Topliss-reactive ketones (excluding diaryl/α,β-unsaturated/α-hetero) is 1. The van der Waals surface area contributed by atoms with Gasteiger partial charge < -0.3 is 14.6 Å². The minimum absolute atomic E-state index is 0.152. The molecule has 1 aliphatic heterocycles. The van der Waals surface area contributed by atoms with Gasteiger partial charge in [0.1, 0.15) is 11.6 Å². The Labute approximate surface area is 193 Å². The number of methoxy groups -OCH3 is 2. The number of carbonyl (C=O) groups is 2. The number of amides is 1. The maximum absolute atomic E-state index is 13.8. The Morgan fingerprint density at radius 2 is 1.85 bits per heavy atom. The first-order valence-electron chi connectivity index (χ1n) is 9.75. The third-order valence-electron chi connectivity index (χ3n) is 5.28. The molecule has 1 fully saturated rings. The van der Waals surface area contributed by atoms with E-state index in [0.29, 0.717) is 17.1 Å². The molecule has 0 radical (unpaired) electrons. The molecular weight excluding hydrogens is 451 g/mol. The van der Waals surface area contributed by atoms with Crippen LogP contribution in [0.15, 0.2) is 66.5 Å². The first-order chi connectivity index (χ1) is 15.9. The number of anilines is 1. The van der Waals surface area contributed by atoms with Gasteiger partial charge in [0.2, 0.25) is 0 Å². The molecule has 9 heteroatoms. The molecule has 2 heterocycles. The highest BCUT2D eigenvalue weighted by molar-refractivity contribution is 6.51. The Bertz CT molecular complexity index is 1280. The zero-order chi connectivity index (χ0) is 23.7. The van der Waals surface area contributed by atoms with Gasteiger partial charge in [-0.05, 0) is 48.0 Å². The van der Waals surface area contributed by atoms with Gasteiger partial charge in [0.25, 0.3) is 11.7 Å². The van der Waals surface area contributed by atoms with Crippen molar-refractivity contribution in [3.63, 3.8) is 0 Å². The van der Waals surface area contributed by atoms with Crippen LogP contribution in [0.2, 0.25) is 5.02 Å². The summed E-state index contributed by atoms with van der Waals surface area (Å²) in [6.45, 7) is 0. The molecule has 1 atom stereocenters. The summed E-state index contributed by atoms with van der Waals surface area (Å²) < 4.78 is 24.3. The Morgan fingerprint density at radius 1 is 1.09 bits per heavy atom. The molecule has 168 valence electrons. The number of carbonyl (C=O) groups excluding carboxylic acids is 2. The quantitative estimate of drug-likeness (QED) is 0.336. The van der Waals surface area contributed by atoms with Crippen molar-refractivity contribution in [2.24, 2.45) is 0 Å². The normalized spacial score (nSPS) is 17.3. The van der Waals surface area contributed by atoms with Gasteiger partial charge >= 0.3 is 0 Å². The van der Waals surface area contributed by atoms with Crippen LogP contribution in [0.1, 0.15) is 17.2 Å². The van der Waals surface area contributed by atoms with Gasteiger partial charge in [-0.1, -0.05) is 17.7 Å². The molecule has 1 N–H and O–H groups in total. The van der Waals surface area contributed by atoms with Crippen molar-refractivity contribution < 1.29 is 28.6 Å². The molecule has 0 aliphatic carbocycles. The molecule has 1 unspecified atom stereocenters. The largest absolute Gasteiger partial charge is 0.507 e. The molecule has 0 bridgehead atoms. The molecular formula is C24H18ClFN2O5. The Hall–Kier alpha value is -3.91. The number of rotatable bonds is 5. The first-order valence-corrected chi connectivity index (χ1v) is 10.1. The fraction of sp³-hybridized carbons (Fsp3) is 0.125. The van der Waals surface area contributed by atoms with Crippen LogP contribution in [0.25, 0.3) is 5.76 Å². The lowest BCUT2D eigenvalue weighted by Gasteiger charge is -2.25. The van der Waals surface area contributed by atoms with Crippen molar-refractivity contribution in [2.75, 3.05) is 19.1 Å². The van der Waals surface area contributed by atoms with Crippen LogP contribution in [0.4, 0.5) is 10.1 Å². The van der Waals surface area contributed by atoms with E-state index in [9.17, 15) is 19.1 Å². The number of benzene rings is 2. The Kier molecular flexibility index (Phi) is 6.02. The number of nitrogens with zero attached hydrogens (tertiary/aromatic N) is 2. The summed E-state index contributed by atoms with van der Waals surface area (Å²) in [5.74, 6) is -2.11. The molecule has 1 saturated heterocycles. The summed E-state index contributed by atoms with van der Waals surface area (Å²) >= 11 is 5.93. The number of ether oxygens (including phenoxy) is 2. The third kappa shape index (κ3) is 3.89. The second kappa shape index (κ2) is 8.91. The number of hydrogen-bond donors (Lipinski definition) is 1. The summed E-state index contributed by atoms with van der Waals surface area (Å²) in [6, 6.07) is 10.6. The van der Waals surface area contributed by atoms with Crippen LogP contribution in [-0.4, -0.2) is 36.0 Å². The van der Waals surface area contributed by atoms with Crippen LogP contribution in [0.3, 0.4) is 0 Å². The van der Waals surface area contributed by atoms with E-state index in [1.165, 1.54) is 38.6 Å². The molecule has 1 aromatic heterocycles. The van der Waals surface area contributed by atoms with Crippen molar-refractivity contribution in [3.05, 3.63) is 88.5 Å². The predicted octanol–water partition coefficient (Wildman–Crippen LogP) is 4.52. The van der Waals surface area contributed by atoms with Crippen molar-refractivity contribution in [1.82, 2.24) is 4.98 Å². The van der Waals surface area contributed by atoms with Gasteiger partial charge in [0, 0.05) is 23.6 Å². The summed E-state index contributed by atoms with van der Waals surface area (Å²) in [7, 11) is 2.91. The topological polar surface area (TPSA) is 89.0 Å². The Balaban J connectivity index is 1.94. The summed E-state index contributed by atoms with van der Waals surface area (Å²) in [6.07, 6.45) is 3.02. The van der Waals surface area contributed by atoms with Crippen molar-refractivity contribution >= 4 is 34.7 Å². The van der Waals surface area contributed by atoms with E-state index < -0.39 is 29.3 Å². The third-order valence-corrected chi connectivity index (χ3v) is 5.57. The van der Waals surface area contributed by atoms with Gasteiger partial charge in [0.15, 0.2) is 11.5 Å². The van der Waals surface area contributed by atoms with Crippen LogP contribution in [-0.2, 0) is 9.59 Å². The van der Waals surface area contributed by atoms with Gasteiger partial charge in [-0.2, -0.15) is 0 Å². The fourth-order valence-electron chi connectivity index (χ4n) is 3.73. The van der Waals surface area contributed by atoms with Gasteiger partial charge in [-0.25, -0.2) is 4.39 Å². The lowest BCUT2D eigenvalue weighted by molar-refractivity contribution is -0.132. The average Bonchev–Trinajstić information content (AvgIpc) is 3.10. The molecule has 33 heavy (non-hydrogen) atoms. The molecule has 2 aromatic carbocycles. The predicted molar refractivity (Wildman–Crippen MR) is 120 cm³/mol. The van der Waals surface area contributed by atoms with E-state index in [4.69, 9.17) is 21.1 Å². The van der Waals surface area contributed by atoms with E-state index in [2.05, 4.69) is 4.98 Å². The van der Waals surface area contributed by atoms with E-state index in [0.717, 1.165) is 11.0 Å². The minimum atomic E-state index is -1.02. The first kappa shape index (κ1) is 22.3. The summed E-state index contributed by atoms with van der Waals surface area (Å²) in [5, 5.41) is 11.0. The monoisotopic (exact) mass is 468 g/mol. The molecule has 1 amide bonds. The van der Waals surface area contributed by atoms with Gasteiger partial charge in [0.05, 0.1) is 30.9 Å². The highest BCUT2D eigenvalue weighted by Gasteiger charge is 2.47. The lowest BCUT2D eigenvalue weighted by atomic mass is 9.96. The number of hydrogen-bond acceptors (Lipinski definition) is 6. The maximum atomic E-state index is 13.8. The molecule has 4 rings (SSSR count). The smallest absolute Gasteiger partial charge is 0.300 e. The SMILES string of the molecule is COc1ccc(/C(O)=C2\C(=O)C(=O)N(c3ccc(F)c(Cl)c3)C2c2cccnc2)cc1OC. The zero-order valence-electron chi connectivity index (χ0n) is 17.6. The number of ketones is 1. The van der Waals surface area contributed by atoms with Gasteiger partial charge in [-0.3, -0.25) is 19.5 Å². The minimum Gasteiger partial charge on any atom is -0.507 e. The summed E-state index contributed by atoms with van der Waals surface area (Å²) in [4.78, 5) is 31.5. The van der Waals surface area contributed by atoms with Crippen LogP contribution < -0.4 is 14.4 Å². The highest BCUT2D eigenvalue weighted by atomic mass is 35.5. The second-order valence-corrected chi connectivity index (χ2v) is 7.53. The molecule has 7 nitrogen and oxygen atoms in total. The maximum Gasteiger partial charge on any atom is 0.300 e. The number of aliphatic hydroxyl groups excluding tert-OH is 1. The van der Waals surface area contributed by atoms with Crippen LogP contribution in [0, 0.1) is 5.82 Å². The fourth-order valence-corrected chi connectivity index (χ4v) is 3.90. The zero-order valence-corrected chi connectivity index (χ0v) is 18.3. The van der Waals surface area contributed by atoms with Crippen molar-refractivity contribution in [2.45, 2.75) is 6.04 Å².